The van der Waals surface area contributed by atoms with Crippen LogP contribution in [0.4, 0.5) is 0 Å². The molecular weight excluding hydrogens is 214 g/mol. The van der Waals surface area contributed by atoms with Crippen LogP contribution in [0.15, 0.2) is 30.6 Å². The Hall–Kier alpha value is -1.94. The van der Waals surface area contributed by atoms with Gasteiger partial charge in [-0.05, 0) is 30.7 Å². The van der Waals surface area contributed by atoms with E-state index in [-0.39, 0.29) is 0 Å². The topological polar surface area (TPSA) is 46.9 Å². The predicted molar refractivity (Wildman–Crippen MR) is 67.3 cm³/mol. The quantitative estimate of drug-likeness (QED) is 0.790. The van der Waals surface area contributed by atoms with E-state index in [1.165, 1.54) is 5.57 Å². The molecule has 0 unspecified atom stereocenters. The Morgan fingerprint density at radius 3 is 3.18 bits per heavy atom. The first-order valence-electron chi connectivity index (χ1n) is 5.71. The average Bonchev–Trinajstić information content (AvgIpc) is 2.78. The van der Waals surface area contributed by atoms with Gasteiger partial charge in [0, 0.05) is 24.5 Å². The summed E-state index contributed by atoms with van der Waals surface area (Å²) in [5, 5.41) is 3.28. The number of hydrogen-bond acceptors (Lipinski definition) is 3. The van der Waals surface area contributed by atoms with Crippen molar-refractivity contribution in [3.63, 3.8) is 0 Å². The summed E-state index contributed by atoms with van der Waals surface area (Å²) >= 11 is 0. The Morgan fingerprint density at radius 2 is 2.41 bits per heavy atom. The molecular formula is C13H13N3O. The van der Waals surface area contributed by atoms with Gasteiger partial charge in [0.05, 0.1) is 11.0 Å². The molecule has 1 N–H and O–H groups in total. The number of aromatic nitrogens is 2. The third-order valence-corrected chi connectivity index (χ3v) is 3.11. The van der Waals surface area contributed by atoms with Crippen molar-refractivity contribution in [2.45, 2.75) is 6.42 Å². The van der Waals surface area contributed by atoms with Crippen LogP contribution in [0.2, 0.25) is 0 Å². The fourth-order valence-electron chi connectivity index (χ4n) is 2.27. The van der Waals surface area contributed by atoms with E-state index in [2.05, 4.69) is 16.4 Å². The lowest BCUT2D eigenvalue weighted by atomic mass is 10.0. The molecule has 0 radical (unpaired) electrons. The number of pyridine rings is 1. The van der Waals surface area contributed by atoms with Gasteiger partial charge < -0.3 is 5.32 Å². The maximum atomic E-state index is 11.0. The van der Waals surface area contributed by atoms with Gasteiger partial charge in [0.25, 0.3) is 0 Å². The minimum Gasteiger partial charge on any atom is -0.313 e. The van der Waals surface area contributed by atoms with Gasteiger partial charge in [-0.25, -0.2) is 0 Å². The molecule has 0 fully saturated rings. The monoisotopic (exact) mass is 227 g/mol. The minimum atomic E-state index is 0.829. The van der Waals surface area contributed by atoms with Gasteiger partial charge in [-0.2, -0.15) is 0 Å². The van der Waals surface area contributed by atoms with Crippen molar-refractivity contribution in [2.24, 2.45) is 0 Å². The van der Waals surface area contributed by atoms with Crippen molar-refractivity contribution < 1.29 is 4.79 Å². The molecule has 0 aliphatic carbocycles. The fraction of sp³-hybridized carbons (Fsp3) is 0.231. The van der Waals surface area contributed by atoms with Gasteiger partial charge in [-0.15, -0.1) is 0 Å². The Balaban J connectivity index is 2.22. The van der Waals surface area contributed by atoms with Gasteiger partial charge in [0.1, 0.15) is 0 Å². The van der Waals surface area contributed by atoms with E-state index in [9.17, 15) is 4.79 Å². The highest BCUT2D eigenvalue weighted by Crippen LogP contribution is 2.27. The number of nitrogens with one attached hydrogen (secondary N) is 1. The lowest BCUT2D eigenvalue weighted by Crippen LogP contribution is -2.19. The van der Waals surface area contributed by atoms with E-state index in [4.69, 9.17) is 0 Å². The predicted octanol–water partition coefficient (Wildman–Crippen LogP) is 1.45. The first-order valence-corrected chi connectivity index (χ1v) is 5.71. The molecule has 4 nitrogen and oxygen atoms in total. The van der Waals surface area contributed by atoms with Crippen LogP contribution in [-0.2, 0) is 4.79 Å². The first kappa shape index (κ1) is 10.2. The summed E-state index contributed by atoms with van der Waals surface area (Å²) in [6.45, 7) is 1.86. The van der Waals surface area contributed by atoms with Gasteiger partial charge >= 0.3 is 0 Å². The summed E-state index contributed by atoms with van der Waals surface area (Å²) in [6, 6.07) is 3.77. The van der Waals surface area contributed by atoms with Gasteiger partial charge in [-0.3, -0.25) is 14.3 Å². The number of hydrogen-bond donors (Lipinski definition) is 1. The summed E-state index contributed by atoms with van der Waals surface area (Å²) in [6.07, 6.45) is 7.62. The SMILES string of the molecule is O=Cn1cc(C2=CCNCC2)c2ncccc21. The Labute approximate surface area is 99.0 Å². The second-order valence-corrected chi connectivity index (χ2v) is 4.11. The van der Waals surface area contributed by atoms with Crippen molar-refractivity contribution in [3.05, 3.63) is 36.2 Å². The second kappa shape index (κ2) is 4.14. The van der Waals surface area contributed by atoms with Crippen LogP contribution in [-0.4, -0.2) is 29.1 Å². The molecule has 0 bridgehead atoms. The van der Waals surface area contributed by atoms with Crippen LogP contribution in [0, 0.1) is 0 Å². The van der Waals surface area contributed by atoms with E-state index < -0.39 is 0 Å². The van der Waals surface area contributed by atoms with E-state index in [0.717, 1.165) is 42.5 Å². The van der Waals surface area contributed by atoms with E-state index in [0.29, 0.717) is 0 Å². The van der Waals surface area contributed by atoms with E-state index in [1.54, 1.807) is 10.8 Å². The number of fused-ring (bicyclic) bond motifs is 1. The van der Waals surface area contributed by atoms with Crippen LogP contribution in [0.3, 0.4) is 0 Å². The van der Waals surface area contributed by atoms with Crippen LogP contribution >= 0.6 is 0 Å². The standard InChI is InChI=1S/C13H13N3O/c17-9-16-8-11(10-3-6-14-7-4-10)13-12(16)2-1-5-15-13/h1-3,5,8-9,14H,4,6-7H2. The highest BCUT2D eigenvalue weighted by Gasteiger charge is 2.14. The summed E-state index contributed by atoms with van der Waals surface area (Å²) in [7, 11) is 0. The molecule has 0 amide bonds. The largest absolute Gasteiger partial charge is 0.313 e. The molecule has 3 rings (SSSR count). The van der Waals surface area contributed by atoms with Crippen molar-refractivity contribution in [1.29, 1.82) is 0 Å². The average molecular weight is 227 g/mol. The Morgan fingerprint density at radius 1 is 1.47 bits per heavy atom. The van der Waals surface area contributed by atoms with Crippen molar-refractivity contribution in [3.8, 4) is 0 Å². The van der Waals surface area contributed by atoms with Crippen LogP contribution in [0.5, 0.6) is 0 Å². The molecule has 3 heterocycles. The molecule has 0 aromatic carbocycles. The smallest absolute Gasteiger partial charge is 0.218 e. The molecule has 0 atom stereocenters. The highest BCUT2D eigenvalue weighted by molar-refractivity contribution is 5.93. The number of rotatable bonds is 2. The summed E-state index contributed by atoms with van der Waals surface area (Å²) in [4.78, 5) is 15.4. The minimum absolute atomic E-state index is 0.829. The van der Waals surface area contributed by atoms with E-state index >= 15 is 0 Å². The van der Waals surface area contributed by atoms with Crippen molar-refractivity contribution >= 4 is 23.0 Å². The molecule has 86 valence electrons. The fourth-order valence-corrected chi connectivity index (χ4v) is 2.27. The highest BCUT2D eigenvalue weighted by atomic mass is 16.1. The molecule has 0 saturated carbocycles. The van der Waals surface area contributed by atoms with Crippen molar-refractivity contribution in [1.82, 2.24) is 14.9 Å². The zero-order chi connectivity index (χ0) is 11.7. The van der Waals surface area contributed by atoms with Crippen LogP contribution in [0.1, 0.15) is 12.0 Å². The number of carbonyl (C=O) groups excluding carboxylic acids is 1. The zero-order valence-corrected chi connectivity index (χ0v) is 9.39. The number of carbonyl (C=O) groups is 1. The van der Waals surface area contributed by atoms with Crippen LogP contribution < -0.4 is 5.32 Å². The number of nitrogens with zero attached hydrogens (tertiary/aromatic N) is 2. The molecule has 1 aliphatic heterocycles. The van der Waals surface area contributed by atoms with Gasteiger partial charge in [0.2, 0.25) is 6.41 Å². The lowest BCUT2D eigenvalue weighted by molar-refractivity contribution is 0.549. The Bertz CT molecular complexity index is 598. The van der Waals surface area contributed by atoms with Gasteiger partial charge in [0.15, 0.2) is 0 Å². The molecule has 1 aliphatic rings. The maximum Gasteiger partial charge on any atom is 0.218 e. The molecule has 0 spiro atoms. The van der Waals surface area contributed by atoms with Crippen molar-refractivity contribution in [2.75, 3.05) is 13.1 Å². The Kier molecular flexibility index (Phi) is 2.49. The molecule has 2 aromatic heterocycles. The second-order valence-electron chi connectivity index (χ2n) is 4.11. The molecule has 2 aromatic rings. The summed E-state index contributed by atoms with van der Waals surface area (Å²) < 4.78 is 1.60. The summed E-state index contributed by atoms with van der Waals surface area (Å²) in [5.74, 6) is 0. The third-order valence-electron chi connectivity index (χ3n) is 3.11. The van der Waals surface area contributed by atoms with E-state index in [1.807, 2.05) is 18.3 Å². The normalized spacial score (nSPS) is 15.9. The molecule has 0 saturated heterocycles. The maximum absolute atomic E-state index is 11.0. The first-order chi connectivity index (χ1) is 8.40. The molecule has 17 heavy (non-hydrogen) atoms. The third kappa shape index (κ3) is 1.66. The zero-order valence-electron chi connectivity index (χ0n) is 9.39. The molecule has 4 heteroatoms. The van der Waals surface area contributed by atoms with Gasteiger partial charge in [-0.1, -0.05) is 6.08 Å². The lowest BCUT2D eigenvalue weighted by Gasteiger charge is -2.12. The van der Waals surface area contributed by atoms with Crippen LogP contribution in [0.25, 0.3) is 16.6 Å². The summed E-state index contributed by atoms with van der Waals surface area (Å²) in [5.41, 5.74) is 4.13.